The van der Waals surface area contributed by atoms with E-state index in [-0.39, 0.29) is 11.3 Å². The van der Waals surface area contributed by atoms with Crippen LogP contribution in [0.5, 0.6) is 0 Å². The van der Waals surface area contributed by atoms with Crippen LogP contribution in [0.4, 0.5) is 8.78 Å². The van der Waals surface area contributed by atoms with Crippen molar-refractivity contribution < 1.29 is 13.6 Å². The normalized spacial score (nSPS) is 11.3. The fraction of sp³-hybridized carbons (Fsp3) is 0.125. The van der Waals surface area contributed by atoms with Gasteiger partial charge in [0.05, 0.1) is 11.3 Å². The number of halogens is 2. The van der Waals surface area contributed by atoms with Gasteiger partial charge < -0.3 is 0 Å². The number of nitrogens with zero attached hydrogens (tertiary/aromatic N) is 1. The van der Waals surface area contributed by atoms with E-state index in [0.29, 0.717) is 5.56 Å². The molecular weight excluding hydrogens is 274 g/mol. The first-order valence-corrected chi connectivity index (χ1v) is 6.35. The van der Waals surface area contributed by atoms with Crippen molar-refractivity contribution in [2.24, 2.45) is 5.10 Å². The predicted octanol–water partition coefficient (Wildman–Crippen LogP) is 3.43. The molecule has 2 aromatic rings. The monoisotopic (exact) mass is 288 g/mol. The number of amides is 1. The zero-order chi connectivity index (χ0) is 15.4. The van der Waals surface area contributed by atoms with E-state index in [1.165, 1.54) is 13.0 Å². The Hall–Kier alpha value is -2.56. The quantitative estimate of drug-likeness (QED) is 0.682. The van der Waals surface area contributed by atoms with Gasteiger partial charge in [0.2, 0.25) is 0 Å². The topological polar surface area (TPSA) is 41.5 Å². The van der Waals surface area contributed by atoms with Gasteiger partial charge in [-0.1, -0.05) is 24.3 Å². The highest BCUT2D eigenvalue weighted by Crippen LogP contribution is 2.13. The third-order valence-corrected chi connectivity index (χ3v) is 3.04. The minimum atomic E-state index is -0.721. The summed E-state index contributed by atoms with van der Waals surface area (Å²) in [6.45, 7) is 3.22. The molecule has 3 nitrogen and oxygen atoms in total. The lowest BCUT2D eigenvalue weighted by Gasteiger charge is -2.06. The fourth-order valence-electron chi connectivity index (χ4n) is 1.92. The van der Waals surface area contributed by atoms with Crippen molar-refractivity contribution in [1.82, 2.24) is 5.43 Å². The van der Waals surface area contributed by atoms with Crippen LogP contribution in [0.3, 0.4) is 0 Å². The number of hydrogen-bond acceptors (Lipinski definition) is 2. The molecule has 21 heavy (non-hydrogen) atoms. The predicted molar refractivity (Wildman–Crippen MR) is 77.2 cm³/mol. The summed E-state index contributed by atoms with van der Waals surface area (Å²) >= 11 is 0. The van der Waals surface area contributed by atoms with Crippen LogP contribution in [-0.4, -0.2) is 11.6 Å². The Morgan fingerprint density at radius 1 is 1.05 bits per heavy atom. The highest BCUT2D eigenvalue weighted by atomic mass is 19.1. The van der Waals surface area contributed by atoms with Crippen LogP contribution in [0.15, 0.2) is 47.6 Å². The van der Waals surface area contributed by atoms with Crippen molar-refractivity contribution in [3.8, 4) is 0 Å². The number of benzene rings is 2. The van der Waals surface area contributed by atoms with Crippen molar-refractivity contribution in [1.29, 1.82) is 0 Å². The molecule has 1 amide bonds. The van der Waals surface area contributed by atoms with Crippen molar-refractivity contribution in [2.45, 2.75) is 13.8 Å². The fourth-order valence-corrected chi connectivity index (χ4v) is 1.92. The lowest BCUT2D eigenvalue weighted by atomic mass is 10.1. The first-order chi connectivity index (χ1) is 10.0. The molecule has 0 aliphatic carbocycles. The van der Waals surface area contributed by atoms with Gasteiger partial charge in [0.1, 0.15) is 11.6 Å². The number of nitrogens with one attached hydrogen (secondary N) is 1. The highest BCUT2D eigenvalue weighted by Gasteiger charge is 2.12. The molecule has 1 N–H and O–H groups in total. The van der Waals surface area contributed by atoms with Crippen molar-refractivity contribution in [2.75, 3.05) is 0 Å². The zero-order valence-electron chi connectivity index (χ0n) is 11.7. The third kappa shape index (κ3) is 3.31. The van der Waals surface area contributed by atoms with E-state index < -0.39 is 17.5 Å². The molecular formula is C16H14F2N2O. The van der Waals surface area contributed by atoms with Gasteiger partial charge in [-0.15, -0.1) is 0 Å². The van der Waals surface area contributed by atoms with Crippen LogP contribution in [0.1, 0.15) is 28.4 Å². The molecule has 0 spiro atoms. The molecule has 0 atom stereocenters. The molecule has 5 heteroatoms. The van der Waals surface area contributed by atoms with E-state index in [9.17, 15) is 13.6 Å². The standard InChI is InChI=1S/C16H14F2N2O/c1-10-6-3-4-7-12(10)16(21)20-19-11(2)15-13(17)8-5-9-14(15)18/h3-9H,1-2H3,(H,20,21)/b19-11-. The van der Waals surface area contributed by atoms with E-state index in [4.69, 9.17) is 0 Å². The van der Waals surface area contributed by atoms with Gasteiger partial charge in [0.25, 0.3) is 5.91 Å². The second kappa shape index (κ2) is 6.26. The zero-order valence-corrected chi connectivity index (χ0v) is 11.7. The lowest BCUT2D eigenvalue weighted by molar-refractivity contribution is 0.0954. The third-order valence-electron chi connectivity index (χ3n) is 3.04. The van der Waals surface area contributed by atoms with E-state index in [1.807, 2.05) is 6.07 Å². The van der Waals surface area contributed by atoms with Crippen LogP contribution in [-0.2, 0) is 0 Å². The minimum absolute atomic E-state index is 0.0625. The molecule has 0 aliphatic rings. The first-order valence-electron chi connectivity index (χ1n) is 6.35. The molecule has 0 unspecified atom stereocenters. The van der Waals surface area contributed by atoms with E-state index in [0.717, 1.165) is 17.7 Å². The number of hydrazone groups is 1. The molecule has 108 valence electrons. The second-order valence-electron chi connectivity index (χ2n) is 4.55. The molecule has 0 fully saturated rings. The summed E-state index contributed by atoms with van der Waals surface area (Å²) < 4.78 is 27.2. The molecule has 2 aromatic carbocycles. The molecule has 0 radical (unpaired) electrons. The van der Waals surface area contributed by atoms with Crippen LogP contribution in [0.25, 0.3) is 0 Å². The van der Waals surface area contributed by atoms with Gasteiger partial charge in [-0.3, -0.25) is 4.79 Å². The van der Waals surface area contributed by atoms with Gasteiger partial charge >= 0.3 is 0 Å². The lowest BCUT2D eigenvalue weighted by Crippen LogP contribution is -2.20. The summed E-state index contributed by atoms with van der Waals surface area (Å²) in [5.74, 6) is -1.87. The average molecular weight is 288 g/mol. The molecule has 0 aliphatic heterocycles. The Kier molecular flexibility index (Phi) is 4.42. The molecule has 2 rings (SSSR count). The Labute approximate surface area is 121 Å². The molecule has 0 saturated heterocycles. The number of hydrogen-bond donors (Lipinski definition) is 1. The van der Waals surface area contributed by atoms with Crippen molar-refractivity contribution in [3.05, 3.63) is 70.8 Å². The number of carbonyl (C=O) groups is 1. The number of rotatable bonds is 3. The van der Waals surface area contributed by atoms with E-state index >= 15 is 0 Å². The minimum Gasteiger partial charge on any atom is -0.267 e. The average Bonchev–Trinajstić information content (AvgIpc) is 2.45. The van der Waals surface area contributed by atoms with E-state index in [2.05, 4.69) is 10.5 Å². The summed E-state index contributed by atoms with van der Waals surface area (Å²) in [6.07, 6.45) is 0. The Balaban J connectivity index is 2.22. The van der Waals surface area contributed by atoms with Gasteiger partial charge in [-0.2, -0.15) is 5.10 Å². The smallest absolute Gasteiger partial charge is 0.267 e. The van der Waals surface area contributed by atoms with Crippen LogP contribution in [0.2, 0.25) is 0 Å². The maximum Gasteiger partial charge on any atom is 0.271 e. The second-order valence-corrected chi connectivity index (χ2v) is 4.55. The van der Waals surface area contributed by atoms with Gasteiger partial charge in [0.15, 0.2) is 0 Å². The molecule has 0 saturated carbocycles. The maximum absolute atomic E-state index is 13.6. The van der Waals surface area contributed by atoms with Crippen molar-refractivity contribution in [3.63, 3.8) is 0 Å². The van der Waals surface area contributed by atoms with Gasteiger partial charge in [0, 0.05) is 5.56 Å². The number of aryl methyl sites for hydroxylation is 1. The van der Waals surface area contributed by atoms with Crippen LogP contribution in [0, 0.1) is 18.6 Å². The van der Waals surface area contributed by atoms with E-state index in [1.54, 1.807) is 25.1 Å². The highest BCUT2D eigenvalue weighted by molar-refractivity contribution is 6.01. The Morgan fingerprint density at radius 3 is 2.29 bits per heavy atom. The summed E-state index contributed by atoms with van der Waals surface area (Å²) in [5, 5.41) is 3.77. The summed E-state index contributed by atoms with van der Waals surface area (Å²) in [5.41, 5.74) is 3.38. The number of carbonyl (C=O) groups excluding carboxylic acids is 1. The maximum atomic E-state index is 13.6. The summed E-state index contributed by atoms with van der Waals surface area (Å²) in [6, 6.07) is 10.5. The van der Waals surface area contributed by atoms with Crippen LogP contribution >= 0.6 is 0 Å². The Morgan fingerprint density at radius 2 is 1.67 bits per heavy atom. The summed E-state index contributed by atoms with van der Waals surface area (Å²) in [7, 11) is 0. The van der Waals surface area contributed by atoms with Crippen LogP contribution < -0.4 is 5.43 Å². The molecule has 0 aromatic heterocycles. The largest absolute Gasteiger partial charge is 0.271 e. The van der Waals surface area contributed by atoms with Gasteiger partial charge in [-0.25, -0.2) is 14.2 Å². The Bertz CT molecular complexity index is 691. The molecule has 0 heterocycles. The van der Waals surface area contributed by atoms with Crippen molar-refractivity contribution >= 4 is 11.6 Å². The molecule has 0 bridgehead atoms. The SMILES string of the molecule is C/C(=N/NC(=O)c1ccccc1C)c1c(F)cccc1F. The first kappa shape index (κ1) is 14.8. The summed E-state index contributed by atoms with van der Waals surface area (Å²) in [4.78, 5) is 12.0. The van der Waals surface area contributed by atoms with Gasteiger partial charge in [-0.05, 0) is 37.6 Å².